The van der Waals surface area contributed by atoms with Crippen molar-refractivity contribution >= 4 is 23.5 Å². The molecule has 0 fully saturated rings. The van der Waals surface area contributed by atoms with Gasteiger partial charge in [-0.3, -0.25) is 4.79 Å². The van der Waals surface area contributed by atoms with Gasteiger partial charge in [0.15, 0.2) is 0 Å². The molecule has 3 rings (SSSR count). The molecule has 1 aromatic heterocycles. The fraction of sp³-hybridized carbons (Fsp3) is 0.444. The average molecular weight is 329 g/mol. The molecule has 0 saturated heterocycles. The van der Waals surface area contributed by atoms with E-state index in [-0.39, 0.29) is 11.3 Å². The fourth-order valence-electron chi connectivity index (χ4n) is 2.77. The van der Waals surface area contributed by atoms with Crippen molar-refractivity contribution in [3.05, 3.63) is 41.1 Å². The van der Waals surface area contributed by atoms with Crippen LogP contribution < -0.4 is 5.32 Å². The first-order chi connectivity index (χ1) is 10.8. The average Bonchev–Trinajstić information content (AvgIpc) is 3.00. The van der Waals surface area contributed by atoms with E-state index in [2.05, 4.69) is 39.1 Å². The number of carbonyl (C=O) groups is 1. The van der Waals surface area contributed by atoms with Crippen LogP contribution in [0.5, 0.6) is 0 Å². The number of aromatic nitrogens is 2. The second-order valence-electron chi connectivity index (χ2n) is 7.25. The molecule has 23 heavy (non-hydrogen) atoms. The van der Waals surface area contributed by atoms with Gasteiger partial charge in [0, 0.05) is 23.5 Å². The second-order valence-corrected chi connectivity index (χ2v) is 8.24. The highest BCUT2D eigenvalue weighted by atomic mass is 32.2. The molecule has 2 aromatic rings. The first-order valence-corrected chi connectivity index (χ1v) is 9.05. The van der Waals surface area contributed by atoms with Crippen LogP contribution in [-0.4, -0.2) is 15.7 Å². The lowest BCUT2D eigenvalue weighted by Gasteiger charge is -2.18. The Labute approximate surface area is 141 Å². The van der Waals surface area contributed by atoms with Gasteiger partial charge < -0.3 is 5.32 Å². The van der Waals surface area contributed by atoms with Gasteiger partial charge in [0.2, 0.25) is 5.91 Å². The summed E-state index contributed by atoms with van der Waals surface area (Å²) in [6.45, 7) is 8.29. The Balaban J connectivity index is 1.99. The van der Waals surface area contributed by atoms with Crippen LogP contribution in [0.25, 0.3) is 5.69 Å². The van der Waals surface area contributed by atoms with E-state index in [0.29, 0.717) is 6.42 Å². The quantitative estimate of drug-likeness (QED) is 0.913. The maximum absolute atomic E-state index is 12.4. The van der Waals surface area contributed by atoms with Gasteiger partial charge >= 0.3 is 0 Å². The molecule has 0 radical (unpaired) electrons. The van der Waals surface area contributed by atoms with Crippen molar-refractivity contribution in [3.8, 4) is 5.69 Å². The van der Waals surface area contributed by atoms with Gasteiger partial charge in [-0.2, -0.15) is 16.9 Å². The van der Waals surface area contributed by atoms with Crippen LogP contribution in [0.4, 0.5) is 5.82 Å². The monoisotopic (exact) mass is 329 g/mol. The van der Waals surface area contributed by atoms with Gasteiger partial charge in [0.25, 0.3) is 0 Å². The Bertz CT molecular complexity index is 743. The molecule has 1 amide bonds. The van der Waals surface area contributed by atoms with Gasteiger partial charge in [-0.05, 0) is 24.0 Å². The molecule has 0 aliphatic carbocycles. The number of hydrogen-bond acceptors (Lipinski definition) is 3. The summed E-state index contributed by atoms with van der Waals surface area (Å²) in [6, 6.07) is 8.13. The molecule has 1 aliphatic heterocycles. The number of rotatable bonds is 3. The number of amides is 1. The predicted octanol–water partition coefficient (Wildman–Crippen LogP) is 4.30. The highest BCUT2D eigenvalue weighted by Gasteiger charge is 2.26. The summed E-state index contributed by atoms with van der Waals surface area (Å²) in [6.07, 6.45) is 0.494. The summed E-state index contributed by atoms with van der Waals surface area (Å²) in [4.78, 5) is 12.4. The molecule has 122 valence electrons. The fourth-order valence-corrected chi connectivity index (χ4v) is 3.81. The molecule has 0 unspecified atom stereocenters. The smallest absolute Gasteiger partial charge is 0.226 e. The summed E-state index contributed by atoms with van der Waals surface area (Å²) < 4.78 is 1.90. The number of aryl methyl sites for hydroxylation is 1. The van der Waals surface area contributed by atoms with E-state index in [1.54, 1.807) is 0 Å². The van der Waals surface area contributed by atoms with Crippen LogP contribution in [-0.2, 0) is 16.3 Å². The zero-order valence-corrected chi connectivity index (χ0v) is 15.0. The van der Waals surface area contributed by atoms with E-state index in [9.17, 15) is 4.79 Å². The number of nitrogens with one attached hydrogen (secondary N) is 1. The van der Waals surface area contributed by atoms with E-state index in [1.165, 1.54) is 5.56 Å². The number of para-hydroxylation sites is 1. The molecular weight excluding hydrogens is 306 g/mol. The number of thioether (sulfide) groups is 1. The Morgan fingerprint density at radius 3 is 2.74 bits per heavy atom. The number of nitrogens with zero attached hydrogens (tertiary/aromatic N) is 2. The Morgan fingerprint density at radius 1 is 1.30 bits per heavy atom. The molecular formula is C18H23N3OS. The molecule has 5 heteroatoms. The molecule has 1 aliphatic rings. The maximum Gasteiger partial charge on any atom is 0.226 e. The van der Waals surface area contributed by atoms with Gasteiger partial charge in [-0.15, -0.1) is 0 Å². The topological polar surface area (TPSA) is 46.9 Å². The van der Waals surface area contributed by atoms with E-state index in [0.717, 1.165) is 34.3 Å². The minimum absolute atomic E-state index is 0.0322. The molecule has 0 saturated carbocycles. The molecule has 4 nitrogen and oxygen atoms in total. The Morgan fingerprint density at radius 2 is 2.04 bits per heavy atom. The molecule has 0 bridgehead atoms. The van der Waals surface area contributed by atoms with Crippen molar-refractivity contribution in [1.82, 2.24) is 9.78 Å². The van der Waals surface area contributed by atoms with Crippen LogP contribution in [0.15, 0.2) is 24.3 Å². The lowest BCUT2D eigenvalue weighted by atomic mass is 9.92. The molecule has 1 aromatic carbocycles. The standard InChI is InChI=1S/C18H23N3OS/c1-12-7-5-6-8-15(12)21-17(13-10-23-11-14(13)20-21)19-16(22)9-18(2,3)4/h5-8H,9-11H2,1-4H3,(H,19,22). The zero-order valence-electron chi connectivity index (χ0n) is 14.1. The number of hydrogen-bond donors (Lipinski definition) is 1. The van der Waals surface area contributed by atoms with Crippen molar-refractivity contribution < 1.29 is 4.79 Å². The van der Waals surface area contributed by atoms with Crippen LogP contribution in [0.1, 0.15) is 44.0 Å². The van der Waals surface area contributed by atoms with Crippen LogP contribution in [0, 0.1) is 12.3 Å². The molecule has 2 heterocycles. The first-order valence-electron chi connectivity index (χ1n) is 7.89. The van der Waals surface area contributed by atoms with E-state index >= 15 is 0 Å². The van der Waals surface area contributed by atoms with Gasteiger partial charge in [0.05, 0.1) is 11.4 Å². The molecule has 0 spiro atoms. The van der Waals surface area contributed by atoms with Crippen molar-refractivity contribution in [2.24, 2.45) is 5.41 Å². The van der Waals surface area contributed by atoms with E-state index in [4.69, 9.17) is 5.10 Å². The van der Waals surface area contributed by atoms with E-state index < -0.39 is 0 Å². The minimum Gasteiger partial charge on any atom is -0.310 e. The van der Waals surface area contributed by atoms with Crippen molar-refractivity contribution in [2.75, 3.05) is 5.32 Å². The minimum atomic E-state index is -0.0322. The summed E-state index contributed by atoms with van der Waals surface area (Å²) in [5.74, 6) is 2.71. The highest BCUT2D eigenvalue weighted by Crippen LogP contribution is 2.36. The lowest BCUT2D eigenvalue weighted by Crippen LogP contribution is -2.22. The normalized spacial score (nSPS) is 13.9. The maximum atomic E-state index is 12.4. The van der Waals surface area contributed by atoms with Gasteiger partial charge in [-0.25, -0.2) is 4.68 Å². The highest BCUT2D eigenvalue weighted by molar-refractivity contribution is 7.98. The third-order valence-electron chi connectivity index (χ3n) is 3.84. The molecule has 0 atom stereocenters. The lowest BCUT2D eigenvalue weighted by molar-refractivity contribution is -0.117. The number of fused-ring (bicyclic) bond motifs is 1. The van der Waals surface area contributed by atoms with E-state index in [1.807, 2.05) is 34.6 Å². The summed E-state index contributed by atoms with van der Waals surface area (Å²) >= 11 is 1.84. The number of benzene rings is 1. The molecule has 1 N–H and O–H groups in total. The number of anilines is 1. The third kappa shape index (κ3) is 3.44. The van der Waals surface area contributed by atoms with Crippen molar-refractivity contribution in [2.45, 2.75) is 45.6 Å². The first kappa shape index (κ1) is 16.1. The van der Waals surface area contributed by atoms with Crippen LogP contribution in [0.2, 0.25) is 0 Å². The largest absolute Gasteiger partial charge is 0.310 e. The Kier molecular flexibility index (Phi) is 4.23. The van der Waals surface area contributed by atoms with Gasteiger partial charge in [0.1, 0.15) is 5.82 Å². The summed E-state index contributed by atoms with van der Waals surface area (Å²) in [7, 11) is 0. The SMILES string of the molecule is Cc1ccccc1-n1nc2c(c1NC(=O)CC(C)(C)C)CSC2. The summed E-state index contributed by atoms with van der Waals surface area (Å²) in [5.41, 5.74) is 4.39. The van der Waals surface area contributed by atoms with Crippen molar-refractivity contribution in [1.29, 1.82) is 0 Å². The van der Waals surface area contributed by atoms with Gasteiger partial charge in [-0.1, -0.05) is 39.0 Å². The number of carbonyl (C=O) groups excluding carboxylic acids is 1. The summed E-state index contributed by atoms with van der Waals surface area (Å²) in [5, 5.41) is 7.87. The second kappa shape index (κ2) is 6.04. The van der Waals surface area contributed by atoms with Crippen LogP contribution in [0.3, 0.4) is 0 Å². The predicted molar refractivity (Wildman–Crippen MR) is 96.0 cm³/mol. The van der Waals surface area contributed by atoms with Crippen LogP contribution >= 0.6 is 11.8 Å². The zero-order chi connectivity index (χ0) is 16.6. The Hall–Kier alpha value is -1.75. The third-order valence-corrected chi connectivity index (χ3v) is 4.81. The van der Waals surface area contributed by atoms with Crippen molar-refractivity contribution in [3.63, 3.8) is 0 Å².